The van der Waals surface area contributed by atoms with Crippen LogP contribution in [0.3, 0.4) is 0 Å². The van der Waals surface area contributed by atoms with Gasteiger partial charge in [-0.05, 0) is 36.2 Å². The van der Waals surface area contributed by atoms with Crippen molar-refractivity contribution in [2.24, 2.45) is 0 Å². The Balaban J connectivity index is 2.28. The Morgan fingerprint density at radius 2 is 1.77 bits per heavy atom. The van der Waals surface area contributed by atoms with Crippen LogP contribution in [0.2, 0.25) is 0 Å². The second-order valence-corrected chi connectivity index (χ2v) is 7.97. The Hall–Kier alpha value is -2.54. The summed E-state index contributed by atoms with van der Waals surface area (Å²) in [5, 5.41) is 2.98. The molecule has 2 rings (SSSR count). The molecule has 0 aliphatic heterocycles. The second kappa shape index (κ2) is 8.23. The molecule has 0 radical (unpaired) electrons. The minimum absolute atomic E-state index is 0.190. The van der Waals surface area contributed by atoms with E-state index < -0.39 is 10.0 Å². The summed E-state index contributed by atoms with van der Waals surface area (Å²) in [6.07, 6.45) is 1.80. The zero-order chi connectivity index (χ0) is 19.3. The fourth-order valence-electron chi connectivity index (χ4n) is 2.61. The summed E-state index contributed by atoms with van der Waals surface area (Å²) >= 11 is 0. The maximum absolute atomic E-state index is 12.8. The van der Waals surface area contributed by atoms with Crippen LogP contribution in [0.5, 0.6) is 5.75 Å². The normalized spacial score (nSPS) is 12.3. The highest BCUT2D eigenvalue weighted by atomic mass is 32.2. The van der Waals surface area contributed by atoms with Crippen LogP contribution in [0.25, 0.3) is 0 Å². The Kier molecular flexibility index (Phi) is 6.26. The van der Waals surface area contributed by atoms with Crippen LogP contribution in [0.4, 0.5) is 5.69 Å². The summed E-state index contributed by atoms with van der Waals surface area (Å²) in [6.45, 7) is 1.98. The standard InChI is InChI=1S/C19H24N2O4S/c1-5-17(14-10-12-15(25-3)13-11-14)20-19(22)16-8-6-7-9-18(16)21(2)26(4,23)24/h6-13,17H,5H2,1-4H3,(H,20,22). The SMILES string of the molecule is CCC(NC(=O)c1ccccc1N(C)S(C)(=O)=O)c1ccc(OC)cc1. The van der Waals surface area contributed by atoms with E-state index in [1.807, 2.05) is 31.2 Å². The van der Waals surface area contributed by atoms with Crippen molar-refractivity contribution in [3.05, 3.63) is 59.7 Å². The van der Waals surface area contributed by atoms with E-state index >= 15 is 0 Å². The van der Waals surface area contributed by atoms with E-state index in [0.29, 0.717) is 17.7 Å². The molecule has 0 bridgehead atoms. The summed E-state index contributed by atoms with van der Waals surface area (Å²) in [4.78, 5) is 12.8. The Bertz CT molecular complexity index is 863. The average molecular weight is 376 g/mol. The van der Waals surface area contributed by atoms with Gasteiger partial charge in [-0.1, -0.05) is 31.2 Å². The van der Waals surface area contributed by atoms with Gasteiger partial charge in [-0.2, -0.15) is 0 Å². The van der Waals surface area contributed by atoms with Crippen LogP contribution in [0, 0.1) is 0 Å². The molecule has 1 amide bonds. The number of methoxy groups -OCH3 is 1. The minimum Gasteiger partial charge on any atom is -0.497 e. The van der Waals surface area contributed by atoms with Crippen LogP contribution in [0.15, 0.2) is 48.5 Å². The molecule has 140 valence electrons. The van der Waals surface area contributed by atoms with Gasteiger partial charge < -0.3 is 10.1 Å². The van der Waals surface area contributed by atoms with Gasteiger partial charge in [0.15, 0.2) is 0 Å². The third-order valence-electron chi connectivity index (χ3n) is 4.22. The van der Waals surface area contributed by atoms with E-state index in [1.54, 1.807) is 31.4 Å². The van der Waals surface area contributed by atoms with Crippen LogP contribution < -0.4 is 14.4 Å². The van der Waals surface area contributed by atoms with Gasteiger partial charge in [0.05, 0.1) is 30.7 Å². The molecule has 0 heterocycles. The number of carbonyl (C=O) groups is 1. The van der Waals surface area contributed by atoms with Crippen molar-refractivity contribution in [1.82, 2.24) is 5.32 Å². The monoisotopic (exact) mass is 376 g/mol. The first-order chi connectivity index (χ1) is 12.3. The van der Waals surface area contributed by atoms with Gasteiger partial charge in [-0.25, -0.2) is 8.42 Å². The number of para-hydroxylation sites is 1. The number of nitrogens with zero attached hydrogens (tertiary/aromatic N) is 1. The lowest BCUT2D eigenvalue weighted by atomic mass is 10.0. The first kappa shape index (κ1) is 19.8. The molecule has 7 heteroatoms. The Labute approximate surface area is 154 Å². The van der Waals surface area contributed by atoms with Crippen LogP contribution in [-0.4, -0.2) is 34.7 Å². The summed E-state index contributed by atoms with van der Waals surface area (Å²) in [5.74, 6) is 0.425. The molecule has 0 spiro atoms. The molecule has 1 N–H and O–H groups in total. The molecule has 0 saturated heterocycles. The number of hydrogen-bond acceptors (Lipinski definition) is 4. The minimum atomic E-state index is -3.47. The van der Waals surface area contributed by atoms with E-state index in [1.165, 1.54) is 7.05 Å². The first-order valence-corrected chi connectivity index (χ1v) is 10.1. The molecule has 0 aliphatic rings. The number of benzene rings is 2. The number of nitrogens with one attached hydrogen (secondary N) is 1. The summed E-state index contributed by atoms with van der Waals surface area (Å²) < 4.78 is 30.0. The lowest BCUT2D eigenvalue weighted by molar-refractivity contribution is 0.0936. The number of hydrogen-bond donors (Lipinski definition) is 1. The van der Waals surface area contributed by atoms with Gasteiger partial charge in [-0.15, -0.1) is 0 Å². The molecule has 6 nitrogen and oxygen atoms in total. The van der Waals surface area contributed by atoms with Crippen molar-refractivity contribution in [3.8, 4) is 5.75 Å². The van der Waals surface area contributed by atoms with Gasteiger partial charge in [0.25, 0.3) is 5.91 Å². The van der Waals surface area contributed by atoms with Gasteiger partial charge in [0.1, 0.15) is 5.75 Å². The predicted molar refractivity (Wildman–Crippen MR) is 103 cm³/mol. The maximum Gasteiger partial charge on any atom is 0.253 e. The predicted octanol–water partition coefficient (Wildman–Crippen LogP) is 2.97. The quantitative estimate of drug-likeness (QED) is 0.806. The molecule has 0 aliphatic carbocycles. The molecule has 0 fully saturated rings. The summed E-state index contributed by atoms with van der Waals surface area (Å²) in [6, 6.07) is 14.0. The Morgan fingerprint density at radius 1 is 1.15 bits per heavy atom. The van der Waals surface area contributed by atoms with Gasteiger partial charge in [0.2, 0.25) is 10.0 Å². The Morgan fingerprint density at radius 3 is 2.31 bits per heavy atom. The van der Waals surface area contributed by atoms with E-state index in [-0.39, 0.29) is 11.9 Å². The highest BCUT2D eigenvalue weighted by Gasteiger charge is 2.21. The zero-order valence-electron chi connectivity index (χ0n) is 15.4. The van der Waals surface area contributed by atoms with Crippen molar-refractivity contribution in [3.63, 3.8) is 0 Å². The molecule has 0 aromatic heterocycles. The molecule has 0 saturated carbocycles. The maximum atomic E-state index is 12.8. The number of carbonyl (C=O) groups excluding carboxylic acids is 1. The van der Waals surface area contributed by atoms with E-state index in [4.69, 9.17) is 4.74 Å². The molecule has 2 aromatic rings. The van der Waals surface area contributed by atoms with Crippen LogP contribution >= 0.6 is 0 Å². The highest BCUT2D eigenvalue weighted by molar-refractivity contribution is 7.92. The topological polar surface area (TPSA) is 75.7 Å². The largest absolute Gasteiger partial charge is 0.497 e. The highest BCUT2D eigenvalue weighted by Crippen LogP contribution is 2.24. The third kappa shape index (κ3) is 4.54. The van der Waals surface area contributed by atoms with Gasteiger partial charge >= 0.3 is 0 Å². The molecule has 26 heavy (non-hydrogen) atoms. The summed E-state index contributed by atoms with van der Waals surface area (Å²) in [5.41, 5.74) is 1.61. The smallest absolute Gasteiger partial charge is 0.253 e. The van der Waals surface area contributed by atoms with Crippen molar-refractivity contribution in [2.45, 2.75) is 19.4 Å². The van der Waals surface area contributed by atoms with E-state index in [9.17, 15) is 13.2 Å². The molecule has 1 atom stereocenters. The van der Waals surface area contributed by atoms with Gasteiger partial charge in [-0.3, -0.25) is 9.10 Å². The van der Waals surface area contributed by atoms with Gasteiger partial charge in [0, 0.05) is 7.05 Å². The van der Waals surface area contributed by atoms with E-state index in [2.05, 4.69) is 5.32 Å². The zero-order valence-corrected chi connectivity index (χ0v) is 16.2. The fraction of sp³-hybridized carbons (Fsp3) is 0.316. The number of anilines is 1. The molecule has 1 unspecified atom stereocenters. The van der Waals surface area contributed by atoms with Crippen molar-refractivity contribution >= 4 is 21.6 Å². The number of amides is 1. The number of ether oxygens (including phenoxy) is 1. The average Bonchev–Trinajstić information content (AvgIpc) is 2.64. The molecule has 2 aromatic carbocycles. The van der Waals surface area contributed by atoms with Crippen molar-refractivity contribution in [1.29, 1.82) is 0 Å². The molecular formula is C19H24N2O4S. The van der Waals surface area contributed by atoms with Crippen molar-refractivity contribution in [2.75, 3.05) is 24.7 Å². The lowest BCUT2D eigenvalue weighted by Crippen LogP contribution is -2.32. The fourth-order valence-corrected chi connectivity index (χ4v) is 3.13. The first-order valence-electron chi connectivity index (χ1n) is 8.25. The second-order valence-electron chi connectivity index (χ2n) is 5.96. The number of rotatable bonds is 7. The lowest BCUT2D eigenvalue weighted by Gasteiger charge is -2.22. The summed E-state index contributed by atoms with van der Waals surface area (Å²) in [7, 11) is -0.433. The van der Waals surface area contributed by atoms with E-state index in [0.717, 1.165) is 21.9 Å². The number of sulfonamides is 1. The van der Waals surface area contributed by atoms with Crippen LogP contribution in [-0.2, 0) is 10.0 Å². The van der Waals surface area contributed by atoms with Crippen molar-refractivity contribution < 1.29 is 17.9 Å². The third-order valence-corrected chi connectivity index (χ3v) is 5.41. The van der Waals surface area contributed by atoms with Crippen LogP contribution in [0.1, 0.15) is 35.3 Å². The molecular weight excluding hydrogens is 352 g/mol.